The molecule has 1 unspecified atom stereocenters. The predicted molar refractivity (Wildman–Crippen MR) is 233 cm³/mol. The summed E-state index contributed by atoms with van der Waals surface area (Å²) in [6.45, 7) is 4.03. The van der Waals surface area contributed by atoms with Gasteiger partial charge >= 0.3 is 11.9 Å². The van der Waals surface area contributed by atoms with E-state index in [1.165, 1.54) is 122 Å². The van der Waals surface area contributed by atoms with E-state index >= 15 is 0 Å². The fourth-order valence-electron chi connectivity index (χ4n) is 6.41. The molecule has 0 rings (SSSR count). The van der Waals surface area contributed by atoms with Crippen molar-refractivity contribution in [1.29, 1.82) is 0 Å². The molecule has 54 heavy (non-hydrogen) atoms. The maximum Gasteiger partial charge on any atom is 0.306 e. The summed E-state index contributed by atoms with van der Waals surface area (Å²) in [6.07, 6.45) is 58.6. The first-order chi connectivity index (χ1) is 26.6. The van der Waals surface area contributed by atoms with Crippen LogP contribution in [0.15, 0.2) is 60.8 Å². The summed E-state index contributed by atoms with van der Waals surface area (Å²) in [4.78, 5) is 24.4. The second-order valence-electron chi connectivity index (χ2n) is 15.1. The Morgan fingerprint density at radius 2 is 0.796 bits per heavy atom. The van der Waals surface area contributed by atoms with Gasteiger partial charge < -0.3 is 14.6 Å². The van der Waals surface area contributed by atoms with Crippen molar-refractivity contribution >= 4 is 11.9 Å². The van der Waals surface area contributed by atoms with Crippen LogP contribution in [0, 0.1) is 0 Å². The van der Waals surface area contributed by atoms with Crippen LogP contribution in [-0.2, 0) is 19.1 Å². The van der Waals surface area contributed by atoms with Crippen LogP contribution < -0.4 is 0 Å². The first-order valence-electron chi connectivity index (χ1n) is 22.8. The maximum atomic E-state index is 12.2. The first kappa shape index (κ1) is 51.6. The number of ether oxygens (including phenoxy) is 2. The van der Waals surface area contributed by atoms with Gasteiger partial charge in [-0.25, -0.2) is 0 Å². The molecule has 0 aliphatic carbocycles. The first-order valence-corrected chi connectivity index (χ1v) is 22.8. The molecule has 0 bridgehead atoms. The van der Waals surface area contributed by atoms with E-state index in [9.17, 15) is 14.7 Å². The fraction of sp³-hybridized carbons (Fsp3) is 0.755. The molecule has 0 amide bonds. The number of aliphatic hydroxyl groups excluding tert-OH is 1. The Morgan fingerprint density at radius 3 is 1.20 bits per heavy atom. The van der Waals surface area contributed by atoms with E-state index < -0.39 is 6.10 Å². The summed E-state index contributed by atoms with van der Waals surface area (Å²) in [5, 5.41) is 9.59. The quantitative estimate of drug-likeness (QED) is 0.0382. The van der Waals surface area contributed by atoms with Gasteiger partial charge in [0.25, 0.3) is 0 Å². The number of aliphatic hydroxyl groups is 1. The molecular formula is C49H86O5. The molecule has 0 aliphatic rings. The van der Waals surface area contributed by atoms with Crippen LogP contribution in [-0.4, -0.2) is 36.4 Å². The highest BCUT2D eigenvalue weighted by atomic mass is 16.6. The van der Waals surface area contributed by atoms with E-state index in [4.69, 9.17) is 9.47 Å². The van der Waals surface area contributed by atoms with E-state index in [1.807, 2.05) is 0 Å². The summed E-state index contributed by atoms with van der Waals surface area (Å²) < 4.78 is 10.6. The Morgan fingerprint density at radius 1 is 0.444 bits per heavy atom. The summed E-state index contributed by atoms with van der Waals surface area (Å²) >= 11 is 0. The number of allylic oxidation sites excluding steroid dienone is 10. The van der Waals surface area contributed by atoms with E-state index in [-0.39, 0.29) is 25.2 Å². The van der Waals surface area contributed by atoms with Crippen LogP contribution >= 0.6 is 0 Å². The predicted octanol–water partition coefficient (Wildman–Crippen LogP) is 14.7. The Labute approximate surface area is 334 Å². The Balaban J connectivity index is 3.54. The SMILES string of the molecule is CC/C=C\C/C=C\C/C=C\C/C=C\C/C=C\CCCCCCCCCCCC(=O)OC(CO)COC(=O)CCCCCCCCCCCCCCCCC. The molecule has 1 N–H and O–H groups in total. The van der Waals surface area contributed by atoms with Gasteiger partial charge in [-0.15, -0.1) is 0 Å². The molecule has 5 nitrogen and oxygen atoms in total. The second kappa shape index (κ2) is 45.0. The van der Waals surface area contributed by atoms with Crippen molar-refractivity contribution in [3.63, 3.8) is 0 Å². The number of esters is 2. The van der Waals surface area contributed by atoms with Crippen molar-refractivity contribution in [3.05, 3.63) is 60.8 Å². The Bertz CT molecular complexity index is 946. The number of unbranched alkanes of at least 4 members (excludes halogenated alkanes) is 23. The van der Waals surface area contributed by atoms with Gasteiger partial charge in [0, 0.05) is 12.8 Å². The van der Waals surface area contributed by atoms with Crippen molar-refractivity contribution < 1.29 is 24.2 Å². The van der Waals surface area contributed by atoms with Crippen molar-refractivity contribution in [1.82, 2.24) is 0 Å². The van der Waals surface area contributed by atoms with Crippen molar-refractivity contribution in [3.8, 4) is 0 Å². The van der Waals surface area contributed by atoms with Gasteiger partial charge in [0.05, 0.1) is 6.61 Å². The lowest BCUT2D eigenvalue weighted by molar-refractivity contribution is -0.161. The molecule has 0 fully saturated rings. The topological polar surface area (TPSA) is 72.8 Å². The highest BCUT2D eigenvalue weighted by molar-refractivity contribution is 5.70. The zero-order valence-electron chi connectivity index (χ0n) is 35.5. The third-order valence-corrected chi connectivity index (χ3v) is 9.83. The van der Waals surface area contributed by atoms with E-state index in [2.05, 4.69) is 74.6 Å². The van der Waals surface area contributed by atoms with Gasteiger partial charge in [0.2, 0.25) is 0 Å². The molecule has 0 saturated heterocycles. The number of carbonyl (C=O) groups excluding carboxylic acids is 2. The summed E-state index contributed by atoms with van der Waals surface area (Å²) in [6, 6.07) is 0. The van der Waals surface area contributed by atoms with Crippen LogP contribution in [0.25, 0.3) is 0 Å². The molecule has 0 saturated carbocycles. The summed E-state index contributed by atoms with van der Waals surface area (Å²) in [5.74, 6) is -0.593. The summed E-state index contributed by atoms with van der Waals surface area (Å²) in [7, 11) is 0. The molecule has 0 spiro atoms. The monoisotopic (exact) mass is 755 g/mol. The lowest BCUT2D eigenvalue weighted by Gasteiger charge is -2.15. The molecular weight excluding hydrogens is 669 g/mol. The third kappa shape index (κ3) is 42.3. The molecule has 1 atom stereocenters. The van der Waals surface area contributed by atoms with Crippen molar-refractivity contribution in [2.75, 3.05) is 13.2 Å². The average molecular weight is 755 g/mol. The minimum Gasteiger partial charge on any atom is -0.462 e. The number of hydrogen-bond donors (Lipinski definition) is 1. The minimum absolute atomic E-state index is 0.0673. The van der Waals surface area contributed by atoms with Crippen molar-refractivity contribution in [2.45, 2.75) is 225 Å². The average Bonchev–Trinajstić information content (AvgIpc) is 3.17. The molecule has 0 radical (unpaired) electrons. The van der Waals surface area contributed by atoms with Crippen LogP contribution in [0.2, 0.25) is 0 Å². The minimum atomic E-state index is -0.775. The highest BCUT2D eigenvalue weighted by Gasteiger charge is 2.16. The van der Waals surface area contributed by atoms with Gasteiger partial charge in [-0.1, -0.05) is 209 Å². The van der Waals surface area contributed by atoms with Gasteiger partial charge in [-0.3, -0.25) is 9.59 Å². The third-order valence-electron chi connectivity index (χ3n) is 9.83. The normalized spacial score (nSPS) is 12.7. The Hall–Kier alpha value is -2.40. The van der Waals surface area contributed by atoms with Gasteiger partial charge in [0.15, 0.2) is 6.10 Å². The smallest absolute Gasteiger partial charge is 0.306 e. The number of carbonyl (C=O) groups is 2. The lowest BCUT2D eigenvalue weighted by atomic mass is 10.0. The molecule has 0 aliphatic heterocycles. The maximum absolute atomic E-state index is 12.2. The molecule has 0 heterocycles. The van der Waals surface area contributed by atoms with E-state index in [0.29, 0.717) is 12.8 Å². The zero-order valence-corrected chi connectivity index (χ0v) is 35.5. The van der Waals surface area contributed by atoms with E-state index in [0.717, 1.165) is 70.6 Å². The standard InChI is InChI=1S/C49H86O5/c1-3-5-7-9-11-13-15-17-19-20-21-22-23-24-25-26-27-28-30-32-34-36-38-40-42-44-49(52)54-47(45-50)46-53-48(51)43-41-39-37-35-33-31-29-18-16-14-12-10-8-6-4-2/h5,7,11,13,17,19,21-22,24-25,47,50H,3-4,6,8-10,12,14-16,18,20,23,26-46H2,1-2H3/b7-5-,13-11-,19-17-,22-21-,25-24-. The lowest BCUT2D eigenvalue weighted by Crippen LogP contribution is -2.28. The van der Waals surface area contributed by atoms with Crippen LogP contribution in [0.4, 0.5) is 0 Å². The van der Waals surface area contributed by atoms with Crippen LogP contribution in [0.3, 0.4) is 0 Å². The molecule has 0 aromatic rings. The van der Waals surface area contributed by atoms with Gasteiger partial charge in [0.1, 0.15) is 6.61 Å². The van der Waals surface area contributed by atoms with Gasteiger partial charge in [-0.05, 0) is 57.8 Å². The fourth-order valence-corrected chi connectivity index (χ4v) is 6.41. The number of hydrogen-bond acceptors (Lipinski definition) is 5. The zero-order chi connectivity index (χ0) is 39.3. The highest BCUT2D eigenvalue weighted by Crippen LogP contribution is 2.15. The van der Waals surface area contributed by atoms with Crippen LogP contribution in [0.1, 0.15) is 219 Å². The molecule has 5 heteroatoms. The van der Waals surface area contributed by atoms with E-state index in [1.54, 1.807) is 0 Å². The second-order valence-corrected chi connectivity index (χ2v) is 15.1. The molecule has 312 valence electrons. The molecule has 0 aromatic carbocycles. The van der Waals surface area contributed by atoms with Gasteiger partial charge in [-0.2, -0.15) is 0 Å². The largest absolute Gasteiger partial charge is 0.462 e. The molecule has 0 aromatic heterocycles. The Kier molecular flexibility index (Phi) is 43.0. The van der Waals surface area contributed by atoms with Crippen molar-refractivity contribution in [2.24, 2.45) is 0 Å². The summed E-state index contributed by atoms with van der Waals surface area (Å²) in [5.41, 5.74) is 0. The van der Waals surface area contributed by atoms with Crippen LogP contribution in [0.5, 0.6) is 0 Å². The number of rotatable bonds is 41.